The summed E-state index contributed by atoms with van der Waals surface area (Å²) in [5, 5.41) is 45.4. The summed E-state index contributed by atoms with van der Waals surface area (Å²) in [7, 11) is 6.65. The van der Waals surface area contributed by atoms with E-state index in [4.69, 9.17) is 10.5 Å². The molecule has 11 heteroatoms. The monoisotopic (exact) mass is 603 g/mol. The summed E-state index contributed by atoms with van der Waals surface area (Å²) in [5.74, 6) is -6.33. The van der Waals surface area contributed by atoms with Crippen molar-refractivity contribution in [2.45, 2.75) is 31.0 Å². The van der Waals surface area contributed by atoms with Crippen molar-refractivity contribution < 1.29 is 39.5 Å². The molecule has 232 valence electrons. The van der Waals surface area contributed by atoms with E-state index in [0.29, 0.717) is 35.5 Å². The Morgan fingerprint density at radius 2 is 1.84 bits per heavy atom. The lowest BCUT2D eigenvalue weighted by atomic mass is 9.57. The number of aliphatic hydroxyl groups is 3. The van der Waals surface area contributed by atoms with Gasteiger partial charge in [-0.25, -0.2) is 0 Å². The van der Waals surface area contributed by atoms with Crippen LogP contribution in [0.15, 0.2) is 59.9 Å². The highest BCUT2D eigenvalue weighted by Crippen LogP contribution is 2.54. The number of hydrogen-bond acceptors (Lipinski definition) is 10. The van der Waals surface area contributed by atoms with Gasteiger partial charge in [0.25, 0.3) is 5.91 Å². The molecule has 4 atom stereocenters. The second-order valence-electron chi connectivity index (χ2n) is 12.0. The molecule has 0 spiro atoms. The van der Waals surface area contributed by atoms with Crippen molar-refractivity contribution in [3.63, 3.8) is 0 Å². The van der Waals surface area contributed by atoms with Crippen molar-refractivity contribution in [3.8, 4) is 22.6 Å². The van der Waals surface area contributed by atoms with E-state index in [9.17, 15) is 34.8 Å². The number of ketones is 2. The fraction of sp³-hybridized carbons (Fsp3) is 0.364. The predicted octanol–water partition coefficient (Wildman–Crippen LogP) is 2.26. The average Bonchev–Trinajstić information content (AvgIpc) is 2.95. The summed E-state index contributed by atoms with van der Waals surface area (Å²) in [6.45, 7) is 5.10. The first kappa shape index (κ1) is 31.0. The molecule has 44 heavy (non-hydrogen) atoms. The molecule has 0 aromatic heterocycles. The SMILES string of the molecule is C=CCN(C)Cc1ccc(OC)c(-c2ccc(O)c3c2C[C@H]2C[C@H]4[C@H](N(C)C)C(=O)C(C(N)=O)=C(O)[C@@]4(O)C(=O)C2=C3O)c1. The Morgan fingerprint density at radius 3 is 2.45 bits per heavy atom. The number of hydrogen-bond donors (Lipinski definition) is 5. The first-order chi connectivity index (χ1) is 20.8. The molecule has 0 heterocycles. The van der Waals surface area contributed by atoms with Gasteiger partial charge in [-0.15, -0.1) is 6.58 Å². The second-order valence-corrected chi connectivity index (χ2v) is 12.0. The van der Waals surface area contributed by atoms with Crippen LogP contribution in [0.1, 0.15) is 23.1 Å². The Bertz CT molecular complexity index is 1660. The summed E-state index contributed by atoms with van der Waals surface area (Å²) < 4.78 is 5.69. The Balaban J connectivity index is 1.70. The van der Waals surface area contributed by atoms with E-state index in [1.807, 2.05) is 31.3 Å². The number of amides is 1. The summed E-state index contributed by atoms with van der Waals surface area (Å²) in [4.78, 5) is 43.2. The van der Waals surface area contributed by atoms with Crippen molar-refractivity contribution in [3.05, 3.63) is 76.6 Å². The number of aliphatic hydroxyl groups excluding tert-OH is 2. The second kappa shape index (κ2) is 11.2. The Morgan fingerprint density at radius 1 is 1.14 bits per heavy atom. The zero-order chi connectivity index (χ0) is 32.2. The van der Waals surface area contributed by atoms with Gasteiger partial charge in [0, 0.05) is 30.1 Å². The number of phenols is 1. The number of benzene rings is 2. The van der Waals surface area contributed by atoms with Crippen LogP contribution in [0.3, 0.4) is 0 Å². The van der Waals surface area contributed by atoms with E-state index >= 15 is 0 Å². The number of likely N-dealkylation sites (N-methyl/N-ethyl adjacent to an activating group) is 2. The van der Waals surface area contributed by atoms with Gasteiger partial charge in [0.2, 0.25) is 5.78 Å². The van der Waals surface area contributed by atoms with E-state index in [1.165, 1.54) is 11.0 Å². The smallest absolute Gasteiger partial charge is 0.255 e. The lowest BCUT2D eigenvalue weighted by Crippen LogP contribution is -2.65. The molecule has 3 aliphatic rings. The third kappa shape index (κ3) is 4.59. The van der Waals surface area contributed by atoms with Crippen molar-refractivity contribution >= 4 is 23.2 Å². The van der Waals surface area contributed by atoms with Crippen LogP contribution in [0, 0.1) is 11.8 Å². The van der Waals surface area contributed by atoms with Gasteiger partial charge < -0.3 is 30.9 Å². The molecular weight excluding hydrogens is 566 g/mol. The summed E-state index contributed by atoms with van der Waals surface area (Å²) in [6.07, 6.45) is 1.98. The molecular formula is C33H37N3O8. The highest BCUT2D eigenvalue weighted by atomic mass is 16.5. The normalized spacial score (nSPS) is 24.8. The van der Waals surface area contributed by atoms with E-state index < -0.39 is 58.0 Å². The van der Waals surface area contributed by atoms with Crippen molar-refractivity contribution in [2.24, 2.45) is 17.6 Å². The van der Waals surface area contributed by atoms with Crippen molar-refractivity contribution in [2.75, 3.05) is 34.8 Å². The number of aromatic hydroxyl groups is 1. The van der Waals surface area contributed by atoms with Gasteiger partial charge in [-0.3, -0.25) is 24.2 Å². The zero-order valence-corrected chi connectivity index (χ0v) is 25.1. The molecule has 5 rings (SSSR count). The minimum Gasteiger partial charge on any atom is -0.508 e. The molecule has 1 saturated carbocycles. The van der Waals surface area contributed by atoms with Crippen LogP contribution >= 0.6 is 0 Å². The molecule has 0 unspecified atom stereocenters. The largest absolute Gasteiger partial charge is 0.508 e. The molecule has 0 aliphatic heterocycles. The number of ether oxygens (including phenoxy) is 1. The number of methoxy groups -OCH3 is 1. The molecule has 11 nitrogen and oxygen atoms in total. The third-order valence-corrected chi connectivity index (χ3v) is 9.05. The molecule has 0 saturated heterocycles. The average molecular weight is 604 g/mol. The number of nitrogens with zero attached hydrogens (tertiary/aromatic N) is 2. The fourth-order valence-electron chi connectivity index (χ4n) is 7.16. The van der Waals surface area contributed by atoms with Crippen LogP contribution in [-0.2, 0) is 27.3 Å². The maximum absolute atomic E-state index is 14.1. The fourth-order valence-corrected chi connectivity index (χ4v) is 7.16. The van der Waals surface area contributed by atoms with Crippen molar-refractivity contribution in [1.82, 2.24) is 9.80 Å². The van der Waals surface area contributed by atoms with Gasteiger partial charge in [-0.2, -0.15) is 0 Å². The quantitative estimate of drug-likeness (QED) is 0.222. The van der Waals surface area contributed by atoms with Crippen LogP contribution in [0.2, 0.25) is 0 Å². The number of carbonyl (C=O) groups excluding carboxylic acids is 3. The number of phenolic OH excluding ortho intramolecular Hbond substituents is 1. The minimum absolute atomic E-state index is 0.00435. The summed E-state index contributed by atoms with van der Waals surface area (Å²) >= 11 is 0. The molecule has 0 radical (unpaired) electrons. The van der Waals surface area contributed by atoms with Gasteiger partial charge in [0.1, 0.15) is 28.6 Å². The summed E-state index contributed by atoms with van der Waals surface area (Å²) in [6, 6.07) is 7.76. The molecule has 6 N–H and O–H groups in total. The van der Waals surface area contributed by atoms with Crippen LogP contribution in [-0.4, -0.2) is 94.1 Å². The van der Waals surface area contributed by atoms with Gasteiger partial charge in [0.15, 0.2) is 11.4 Å². The van der Waals surface area contributed by atoms with Crippen LogP contribution in [0.5, 0.6) is 11.5 Å². The van der Waals surface area contributed by atoms with E-state index in [0.717, 1.165) is 5.56 Å². The maximum atomic E-state index is 14.1. The highest BCUT2D eigenvalue weighted by Gasteiger charge is 2.64. The third-order valence-electron chi connectivity index (χ3n) is 9.05. The molecule has 0 bridgehead atoms. The van der Waals surface area contributed by atoms with E-state index in [2.05, 4.69) is 11.5 Å². The maximum Gasteiger partial charge on any atom is 0.255 e. The van der Waals surface area contributed by atoms with Gasteiger partial charge in [0.05, 0.1) is 18.7 Å². The molecule has 2 aromatic rings. The molecule has 1 fully saturated rings. The summed E-state index contributed by atoms with van der Waals surface area (Å²) in [5.41, 5.74) is 4.63. The Kier molecular flexibility index (Phi) is 7.91. The first-order valence-corrected chi connectivity index (χ1v) is 14.2. The van der Waals surface area contributed by atoms with Gasteiger partial charge in [-0.1, -0.05) is 18.2 Å². The Hall–Kier alpha value is -4.45. The number of Topliss-reactive ketones (excluding diaryl/α,β-unsaturated/α-hetero) is 2. The lowest BCUT2D eigenvalue weighted by Gasteiger charge is -2.50. The number of fused-ring (bicyclic) bond motifs is 3. The number of nitrogens with two attached hydrogens (primary N) is 1. The predicted molar refractivity (Wildman–Crippen MR) is 163 cm³/mol. The standard InChI is InChI=1S/C33H37N3O8/c1-6-11-36(4)15-16-7-10-23(44-5)19(12-16)18-8-9-22(37)25-20(18)13-17-14-21-27(35(2)3)29(39)26(32(34)42)31(41)33(21,43)30(40)24(17)28(25)38/h6-10,12,17,21,27,37-38,41,43H,1,11,13-15H2,2-5H3,(H2,34,42)/t17-,21-,27-,33-/m0/s1. The highest BCUT2D eigenvalue weighted by molar-refractivity contribution is 6.24. The van der Waals surface area contributed by atoms with Gasteiger partial charge in [-0.05, 0) is 74.8 Å². The molecule has 3 aliphatic carbocycles. The van der Waals surface area contributed by atoms with Crippen LogP contribution in [0.25, 0.3) is 16.9 Å². The minimum atomic E-state index is -2.69. The zero-order valence-electron chi connectivity index (χ0n) is 25.1. The number of primary amides is 1. The molecule has 2 aromatic carbocycles. The van der Waals surface area contributed by atoms with Crippen molar-refractivity contribution in [1.29, 1.82) is 0 Å². The Labute approximate surface area is 255 Å². The number of rotatable bonds is 8. The van der Waals surface area contributed by atoms with Crippen LogP contribution in [0.4, 0.5) is 0 Å². The van der Waals surface area contributed by atoms with Crippen LogP contribution < -0.4 is 10.5 Å². The van der Waals surface area contributed by atoms with Gasteiger partial charge >= 0.3 is 0 Å². The topological polar surface area (TPSA) is 174 Å². The molecule has 1 amide bonds. The lowest BCUT2D eigenvalue weighted by molar-refractivity contribution is -0.153. The number of carbonyl (C=O) groups is 3. The first-order valence-electron chi connectivity index (χ1n) is 14.2. The van der Waals surface area contributed by atoms with E-state index in [1.54, 1.807) is 27.3 Å². The van der Waals surface area contributed by atoms with E-state index in [-0.39, 0.29) is 29.7 Å².